The summed E-state index contributed by atoms with van der Waals surface area (Å²) in [6.45, 7) is 12.7. The molecule has 0 saturated heterocycles. The molecule has 3 rings (SSSR count). The van der Waals surface area contributed by atoms with E-state index in [4.69, 9.17) is 9.47 Å². The molecule has 5 heteroatoms. The largest absolute Gasteiger partial charge is 0.463 e. The minimum Gasteiger partial charge on any atom is -0.463 e. The van der Waals surface area contributed by atoms with E-state index in [0.717, 1.165) is 12.8 Å². The van der Waals surface area contributed by atoms with Gasteiger partial charge in [-0.2, -0.15) is 0 Å². The van der Waals surface area contributed by atoms with Gasteiger partial charge in [0.25, 0.3) is 0 Å². The third-order valence-corrected chi connectivity index (χ3v) is 8.66. The molecule has 5 nitrogen and oxygen atoms in total. The Hall–Kier alpha value is -1.36. The van der Waals surface area contributed by atoms with E-state index in [0.29, 0.717) is 17.3 Å². The number of fused-ring (bicyclic) bond motifs is 3. The highest BCUT2D eigenvalue weighted by Gasteiger charge is 2.62. The Bertz CT molecular complexity index is 698. The molecule has 0 aromatic rings. The topological polar surface area (TPSA) is 72.8 Å². The number of aliphatic hydroxyl groups is 1. The fraction of sp³-hybridized carbons (Fsp3) is 0.840. The molecule has 0 aliphatic heterocycles. The number of allylic oxidation sites excluding steroid dienone is 2. The van der Waals surface area contributed by atoms with Crippen molar-refractivity contribution in [1.82, 2.24) is 0 Å². The molecule has 0 heterocycles. The van der Waals surface area contributed by atoms with Crippen molar-refractivity contribution in [3.05, 3.63) is 12.2 Å². The monoisotopic (exact) mass is 420 g/mol. The SMILES string of the molecule is CC(=O)OC[C@H](O)COC(=O)[C@H]1[C@H](C)C=CC2[C@]3(C)CCCC(C)(C)C3CC[C@@]21C. The zero-order valence-corrected chi connectivity index (χ0v) is 19.6. The molecule has 0 radical (unpaired) electrons. The first-order valence-corrected chi connectivity index (χ1v) is 11.6. The molecule has 2 saturated carbocycles. The minimum atomic E-state index is -0.997. The van der Waals surface area contributed by atoms with E-state index in [1.165, 1.54) is 26.2 Å². The number of aliphatic hydroxyl groups excluding tert-OH is 1. The van der Waals surface area contributed by atoms with Crippen LogP contribution in [-0.4, -0.2) is 36.4 Å². The first-order chi connectivity index (χ1) is 13.9. The number of ether oxygens (including phenoxy) is 2. The fourth-order valence-electron chi connectivity index (χ4n) is 7.42. The summed E-state index contributed by atoms with van der Waals surface area (Å²) in [5.41, 5.74) is 0.381. The highest BCUT2D eigenvalue weighted by atomic mass is 16.6. The number of carbonyl (C=O) groups excluding carboxylic acids is 2. The zero-order valence-electron chi connectivity index (χ0n) is 19.6. The van der Waals surface area contributed by atoms with Gasteiger partial charge in [0.15, 0.2) is 0 Å². The molecule has 30 heavy (non-hydrogen) atoms. The van der Waals surface area contributed by atoms with Gasteiger partial charge in [-0.15, -0.1) is 0 Å². The van der Waals surface area contributed by atoms with Gasteiger partial charge in [0.05, 0.1) is 5.92 Å². The molecule has 1 N–H and O–H groups in total. The van der Waals surface area contributed by atoms with E-state index in [2.05, 4.69) is 46.8 Å². The summed E-state index contributed by atoms with van der Waals surface area (Å²) in [5, 5.41) is 9.99. The standard InChI is InChI=1S/C25H40O5/c1-16-8-9-20-24(5)12-7-11-23(3,4)19(24)10-13-25(20,6)21(16)22(28)30-15-18(27)14-29-17(2)26/h8-9,16,18-21,27H,7,10-15H2,1-6H3/t16-,18+,19?,20?,21-,24-,25+/m1/s1. The van der Waals surface area contributed by atoms with Crippen molar-refractivity contribution < 1.29 is 24.2 Å². The lowest BCUT2D eigenvalue weighted by atomic mass is 9.40. The van der Waals surface area contributed by atoms with Gasteiger partial charge in [-0.05, 0) is 59.7 Å². The van der Waals surface area contributed by atoms with Gasteiger partial charge >= 0.3 is 11.9 Å². The molecule has 0 amide bonds. The summed E-state index contributed by atoms with van der Waals surface area (Å²) in [7, 11) is 0. The van der Waals surface area contributed by atoms with Crippen LogP contribution in [0.15, 0.2) is 12.2 Å². The maximum Gasteiger partial charge on any atom is 0.310 e. The number of rotatable bonds is 5. The molecule has 3 aliphatic rings. The van der Waals surface area contributed by atoms with Gasteiger partial charge in [-0.3, -0.25) is 9.59 Å². The minimum absolute atomic E-state index is 0.0983. The highest BCUT2D eigenvalue weighted by molar-refractivity contribution is 5.74. The number of hydrogen-bond donors (Lipinski definition) is 1. The normalized spacial score (nSPS) is 40.6. The van der Waals surface area contributed by atoms with E-state index < -0.39 is 12.1 Å². The van der Waals surface area contributed by atoms with Gasteiger partial charge in [0.1, 0.15) is 19.3 Å². The average Bonchev–Trinajstić information content (AvgIpc) is 2.63. The summed E-state index contributed by atoms with van der Waals surface area (Å²) >= 11 is 0. The summed E-state index contributed by atoms with van der Waals surface area (Å²) < 4.78 is 10.4. The first kappa shape index (κ1) is 23.3. The lowest BCUT2D eigenvalue weighted by Gasteiger charge is -2.64. The molecule has 0 aromatic carbocycles. The van der Waals surface area contributed by atoms with Crippen LogP contribution in [0, 0.1) is 39.9 Å². The van der Waals surface area contributed by atoms with Crippen LogP contribution in [-0.2, 0) is 19.1 Å². The third kappa shape index (κ3) is 4.06. The van der Waals surface area contributed by atoms with E-state index in [1.54, 1.807) is 0 Å². The van der Waals surface area contributed by atoms with E-state index in [9.17, 15) is 14.7 Å². The number of carbonyl (C=O) groups is 2. The van der Waals surface area contributed by atoms with Crippen LogP contribution in [0.4, 0.5) is 0 Å². The smallest absolute Gasteiger partial charge is 0.310 e. The molecular weight excluding hydrogens is 380 g/mol. The van der Waals surface area contributed by atoms with Crippen molar-refractivity contribution in [3.63, 3.8) is 0 Å². The molecule has 2 fully saturated rings. The van der Waals surface area contributed by atoms with Crippen molar-refractivity contribution in [2.24, 2.45) is 39.9 Å². The molecule has 0 aromatic heterocycles. The molecule has 170 valence electrons. The molecule has 0 bridgehead atoms. The van der Waals surface area contributed by atoms with Crippen LogP contribution in [0.1, 0.15) is 73.6 Å². The Labute approximate surface area is 181 Å². The second-order valence-corrected chi connectivity index (χ2v) is 11.2. The summed E-state index contributed by atoms with van der Waals surface area (Å²) in [6, 6.07) is 0. The third-order valence-electron chi connectivity index (χ3n) is 8.66. The van der Waals surface area contributed by atoms with E-state index in [1.807, 2.05) is 0 Å². The Morgan fingerprint density at radius 3 is 2.37 bits per heavy atom. The van der Waals surface area contributed by atoms with Crippen molar-refractivity contribution in [1.29, 1.82) is 0 Å². The van der Waals surface area contributed by atoms with E-state index >= 15 is 0 Å². The average molecular weight is 421 g/mol. The van der Waals surface area contributed by atoms with Crippen LogP contribution in [0.5, 0.6) is 0 Å². The van der Waals surface area contributed by atoms with Crippen LogP contribution < -0.4 is 0 Å². The Morgan fingerprint density at radius 2 is 1.70 bits per heavy atom. The van der Waals surface area contributed by atoms with Crippen LogP contribution in [0.25, 0.3) is 0 Å². The maximum absolute atomic E-state index is 13.2. The van der Waals surface area contributed by atoms with Crippen molar-refractivity contribution >= 4 is 11.9 Å². The lowest BCUT2D eigenvalue weighted by molar-refractivity contribution is -0.176. The Balaban J connectivity index is 1.78. The molecule has 7 atom stereocenters. The predicted octanol–water partition coefficient (Wildman–Crippen LogP) is 4.52. The van der Waals surface area contributed by atoms with Crippen LogP contribution in [0.3, 0.4) is 0 Å². The first-order valence-electron chi connectivity index (χ1n) is 11.6. The van der Waals surface area contributed by atoms with Crippen molar-refractivity contribution in [2.75, 3.05) is 13.2 Å². The second-order valence-electron chi connectivity index (χ2n) is 11.2. The highest BCUT2D eigenvalue weighted by Crippen LogP contribution is 2.67. The van der Waals surface area contributed by atoms with Gasteiger partial charge in [-0.25, -0.2) is 0 Å². The fourth-order valence-corrected chi connectivity index (χ4v) is 7.42. The predicted molar refractivity (Wildman–Crippen MR) is 115 cm³/mol. The maximum atomic E-state index is 13.2. The molecule has 3 aliphatic carbocycles. The van der Waals surface area contributed by atoms with Crippen LogP contribution in [0.2, 0.25) is 0 Å². The van der Waals surface area contributed by atoms with Gasteiger partial charge in [-0.1, -0.05) is 53.2 Å². The number of esters is 2. The molecular formula is C25H40O5. The lowest BCUT2D eigenvalue weighted by Crippen LogP contribution is -2.59. The molecule has 2 unspecified atom stereocenters. The quantitative estimate of drug-likeness (QED) is 0.523. The van der Waals surface area contributed by atoms with Crippen molar-refractivity contribution in [3.8, 4) is 0 Å². The van der Waals surface area contributed by atoms with Crippen molar-refractivity contribution in [2.45, 2.75) is 79.8 Å². The summed E-state index contributed by atoms with van der Waals surface area (Å²) in [4.78, 5) is 24.1. The van der Waals surface area contributed by atoms with Crippen LogP contribution >= 0.6 is 0 Å². The molecule has 0 spiro atoms. The van der Waals surface area contributed by atoms with Gasteiger partial charge in [0.2, 0.25) is 0 Å². The Kier molecular flexibility index (Phi) is 6.44. The summed E-state index contributed by atoms with van der Waals surface area (Å²) in [5.74, 6) is 0.193. The second kappa shape index (κ2) is 8.29. The summed E-state index contributed by atoms with van der Waals surface area (Å²) in [6.07, 6.45) is 9.52. The van der Waals surface area contributed by atoms with Gasteiger partial charge in [0, 0.05) is 6.92 Å². The van der Waals surface area contributed by atoms with E-state index in [-0.39, 0.29) is 41.8 Å². The zero-order chi connectivity index (χ0) is 22.3. The van der Waals surface area contributed by atoms with Gasteiger partial charge < -0.3 is 14.6 Å². The Morgan fingerprint density at radius 1 is 1.03 bits per heavy atom. The number of hydrogen-bond acceptors (Lipinski definition) is 5.